The first-order valence-corrected chi connectivity index (χ1v) is 7.83. The lowest BCUT2D eigenvalue weighted by molar-refractivity contribution is -0.124. The Labute approximate surface area is 137 Å². The molecule has 2 aromatic carbocycles. The Hall–Kier alpha value is -2.33. The van der Waals surface area contributed by atoms with E-state index in [1.165, 1.54) is 0 Å². The van der Waals surface area contributed by atoms with E-state index in [0.717, 1.165) is 29.7 Å². The molecule has 1 amide bonds. The Morgan fingerprint density at radius 3 is 2.61 bits per heavy atom. The number of methoxy groups -OCH3 is 1. The maximum absolute atomic E-state index is 12.4. The Bertz CT molecular complexity index is 682. The van der Waals surface area contributed by atoms with Gasteiger partial charge in [-0.25, -0.2) is 0 Å². The number of anilines is 1. The average molecular weight is 313 g/mol. The van der Waals surface area contributed by atoms with Gasteiger partial charge in [-0.15, -0.1) is 0 Å². The predicted molar refractivity (Wildman–Crippen MR) is 91.8 cm³/mol. The number of carbonyl (C=O) groups is 1. The van der Waals surface area contributed by atoms with Crippen LogP contribution in [0.15, 0.2) is 42.5 Å². The Kier molecular flexibility index (Phi) is 5.77. The first kappa shape index (κ1) is 17.0. The van der Waals surface area contributed by atoms with Gasteiger partial charge >= 0.3 is 0 Å². The normalized spacial score (nSPS) is 11.8. The molecule has 4 nitrogen and oxygen atoms in total. The van der Waals surface area contributed by atoms with Gasteiger partial charge in [0.1, 0.15) is 5.75 Å². The smallest absolute Gasteiger partial charge is 0.257 e. The Balaban J connectivity index is 2.20. The summed E-state index contributed by atoms with van der Waals surface area (Å²) in [5, 5.41) is 13.1. The van der Waals surface area contributed by atoms with E-state index >= 15 is 0 Å². The zero-order chi connectivity index (χ0) is 16.8. The summed E-state index contributed by atoms with van der Waals surface area (Å²) in [6, 6.07) is 12.9. The lowest BCUT2D eigenvalue weighted by Gasteiger charge is -2.15. The lowest BCUT2D eigenvalue weighted by atomic mass is 10.0. The van der Waals surface area contributed by atoms with Crippen LogP contribution in [0.3, 0.4) is 0 Å². The maximum Gasteiger partial charge on any atom is 0.257 e. The molecule has 0 spiro atoms. The zero-order valence-corrected chi connectivity index (χ0v) is 13.8. The lowest BCUT2D eigenvalue weighted by Crippen LogP contribution is -2.21. The van der Waals surface area contributed by atoms with E-state index < -0.39 is 12.0 Å². The maximum atomic E-state index is 12.4. The molecular formula is C19H23NO3. The molecular weight excluding hydrogens is 290 g/mol. The van der Waals surface area contributed by atoms with Gasteiger partial charge in [-0.05, 0) is 47.7 Å². The SMILES string of the molecule is CCc1ccc(CC)c(NC(=O)C(O)c2cccc(OC)c2)c1. The van der Waals surface area contributed by atoms with Gasteiger partial charge < -0.3 is 15.2 Å². The number of benzene rings is 2. The van der Waals surface area contributed by atoms with Crippen molar-refractivity contribution in [1.29, 1.82) is 0 Å². The summed E-state index contributed by atoms with van der Waals surface area (Å²) in [6.07, 6.45) is 0.472. The average Bonchev–Trinajstić information content (AvgIpc) is 2.60. The van der Waals surface area contributed by atoms with Crippen molar-refractivity contribution in [2.24, 2.45) is 0 Å². The number of amides is 1. The summed E-state index contributed by atoms with van der Waals surface area (Å²) >= 11 is 0. The molecule has 2 aromatic rings. The second kappa shape index (κ2) is 7.79. The molecule has 0 heterocycles. The molecule has 0 radical (unpaired) electrons. The van der Waals surface area contributed by atoms with Crippen molar-refractivity contribution in [3.63, 3.8) is 0 Å². The van der Waals surface area contributed by atoms with E-state index in [-0.39, 0.29) is 0 Å². The molecule has 0 aliphatic rings. The fourth-order valence-electron chi connectivity index (χ4n) is 2.43. The summed E-state index contributed by atoms with van der Waals surface area (Å²) < 4.78 is 5.13. The number of hydrogen-bond acceptors (Lipinski definition) is 3. The molecule has 1 atom stereocenters. The number of aliphatic hydroxyl groups is 1. The van der Waals surface area contributed by atoms with Crippen molar-refractivity contribution in [1.82, 2.24) is 0 Å². The van der Waals surface area contributed by atoms with E-state index in [0.29, 0.717) is 11.3 Å². The molecule has 122 valence electrons. The van der Waals surface area contributed by atoms with Gasteiger partial charge in [-0.3, -0.25) is 4.79 Å². The molecule has 23 heavy (non-hydrogen) atoms. The number of hydrogen-bond donors (Lipinski definition) is 2. The highest BCUT2D eigenvalue weighted by atomic mass is 16.5. The van der Waals surface area contributed by atoms with Crippen LogP contribution in [-0.2, 0) is 17.6 Å². The summed E-state index contributed by atoms with van der Waals surface area (Å²) in [7, 11) is 1.55. The van der Waals surface area contributed by atoms with Crippen molar-refractivity contribution < 1.29 is 14.6 Å². The van der Waals surface area contributed by atoms with Crippen molar-refractivity contribution in [3.05, 3.63) is 59.2 Å². The fourth-order valence-corrected chi connectivity index (χ4v) is 2.43. The molecule has 1 unspecified atom stereocenters. The third-order valence-electron chi connectivity index (χ3n) is 3.88. The van der Waals surface area contributed by atoms with Crippen molar-refractivity contribution >= 4 is 11.6 Å². The number of aryl methyl sites for hydroxylation is 2. The van der Waals surface area contributed by atoms with E-state index in [1.54, 1.807) is 31.4 Å². The molecule has 0 aliphatic carbocycles. The van der Waals surface area contributed by atoms with E-state index in [2.05, 4.69) is 18.3 Å². The monoisotopic (exact) mass is 313 g/mol. The van der Waals surface area contributed by atoms with Gasteiger partial charge in [-0.2, -0.15) is 0 Å². The largest absolute Gasteiger partial charge is 0.497 e. The first-order chi connectivity index (χ1) is 11.1. The molecule has 4 heteroatoms. The van der Waals surface area contributed by atoms with Gasteiger partial charge in [0.15, 0.2) is 6.10 Å². The molecule has 0 saturated carbocycles. The van der Waals surface area contributed by atoms with Crippen LogP contribution in [0.25, 0.3) is 0 Å². The highest BCUT2D eigenvalue weighted by Gasteiger charge is 2.19. The van der Waals surface area contributed by atoms with Crippen LogP contribution in [-0.4, -0.2) is 18.1 Å². The quantitative estimate of drug-likeness (QED) is 0.858. The standard InChI is InChI=1S/C19H23NO3/c1-4-13-9-10-14(5-2)17(11-13)20-19(22)18(21)15-7-6-8-16(12-15)23-3/h6-12,18,21H,4-5H2,1-3H3,(H,20,22). The number of carbonyl (C=O) groups excluding carboxylic acids is 1. The van der Waals surface area contributed by atoms with Gasteiger partial charge in [0, 0.05) is 5.69 Å². The summed E-state index contributed by atoms with van der Waals surface area (Å²) in [6.45, 7) is 4.10. The first-order valence-electron chi connectivity index (χ1n) is 7.83. The molecule has 0 aromatic heterocycles. The summed E-state index contributed by atoms with van der Waals surface area (Å²) in [5.41, 5.74) is 3.46. The van der Waals surface area contributed by atoms with Crippen LogP contribution < -0.4 is 10.1 Å². The molecule has 0 fully saturated rings. The van der Waals surface area contributed by atoms with Crippen molar-refractivity contribution in [2.45, 2.75) is 32.8 Å². The molecule has 0 bridgehead atoms. The highest BCUT2D eigenvalue weighted by molar-refractivity contribution is 5.95. The number of aliphatic hydroxyl groups excluding tert-OH is 1. The van der Waals surface area contributed by atoms with Gasteiger partial charge in [0.2, 0.25) is 0 Å². The second-order valence-corrected chi connectivity index (χ2v) is 5.37. The van der Waals surface area contributed by atoms with Crippen LogP contribution in [0, 0.1) is 0 Å². The zero-order valence-electron chi connectivity index (χ0n) is 13.8. The van der Waals surface area contributed by atoms with Crippen LogP contribution >= 0.6 is 0 Å². The topological polar surface area (TPSA) is 58.6 Å². The molecule has 0 aliphatic heterocycles. The number of nitrogens with one attached hydrogen (secondary N) is 1. The highest BCUT2D eigenvalue weighted by Crippen LogP contribution is 2.23. The van der Waals surface area contributed by atoms with E-state index in [9.17, 15) is 9.90 Å². The molecule has 0 saturated heterocycles. The van der Waals surface area contributed by atoms with Gasteiger partial charge in [0.05, 0.1) is 7.11 Å². The number of ether oxygens (including phenoxy) is 1. The minimum absolute atomic E-state index is 0.443. The Morgan fingerprint density at radius 1 is 1.17 bits per heavy atom. The van der Waals surface area contributed by atoms with Crippen LogP contribution in [0.4, 0.5) is 5.69 Å². The van der Waals surface area contributed by atoms with Gasteiger partial charge in [0.25, 0.3) is 5.91 Å². The number of rotatable bonds is 6. The summed E-state index contributed by atoms with van der Waals surface area (Å²) in [4.78, 5) is 12.4. The van der Waals surface area contributed by atoms with Crippen LogP contribution in [0.1, 0.15) is 36.6 Å². The second-order valence-electron chi connectivity index (χ2n) is 5.37. The van der Waals surface area contributed by atoms with Crippen molar-refractivity contribution in [3.8, 4) is 5.75 Å². The molecule has 2 rings (SSSR count). The molecule has 2 N–H and O–H groups in total. The van der Waals surface area contributed by atoms with Crippen molar-refractivity contribution in [2.75, 3.05) is 12.4 Å². The van der Waals surface area contributed by atoms with Crippen LogP contribution in [0.2, 0.25) is 0 Å². The van der Waals surface area contributed by atoms with E-state index in [4.69, 9.17) is 4.74 Å². The third kappa shape index (κ3) is 4.11. The van der Waals surface area contributed by atoms with E-state index in [1.807, 2.05) is 19.1 Å². The summed E-state index contributed by atoms with van der Waals surface area (Å²) in [5.74, 6) is 0.165. The minimum Gasteiger partial charge on any atom is -0.497 e. The Morgan fingerprint density at radius 2 is 1.96 bits per heavy atom. The minimum atomic E-state index is -1.24. The third-order valence-corrected chi connectivity index (χ3v) is 3.88. The van der Waals surface area contributed by atoms with Gasteiger partial charge in [-0.1, -0.05) is 38.1 Å². The fraction of sp³-hybridized carbons (Fsp3) is 0.316. The predicted octanol–water partition coefficient (Wildman–Crippen LogP) is 3.49. The van der Waals surface area contributed by atoms with Crippen LogP contribution in [0.5, 0.6) is 5.75 Å².